The molecule has 1 rings (SSSR count). The van der Waals surface area contributed by atoms with Crippen LogP contribution in [0.25, 0.3) is 0 Å². The highest BCUT2D eigenvalue weighted by molar-refractivity contribution is 5.76. The van der Waals surface area contributed by atoms with Crippen molar-refractivity contribution in [2.24, 2.45) is 5.92 Å². The predicted octanol–water partition coefficient (Wildman–Crippen LogP) is 0.927. The molecule has 1 unspecified atom stereocenters. The Morgan fingerprint density at radius 3 is 2.94 bits per heavy atom. The van der Waals surface area contributed by atoms with E-state index < -0.39 is 6.10 Å². The van der Waals surface area contributed by atoms with Gasteiger partial charge < -0.3 is 15.0 Å². The summed E-state index contributed by atoms with van der Waals surface area (Å²) in [5, 5.41) is 12.4. The van der Waals surface area contributed by atoms with E-state index in [0.29, 0.717) is 0 Å². The molecule has 1 amide bonds. The molecule has 0 saturated carbocycles. The second-order valence-corrected chi connectivity index (χ2v) is 4.29. The van der Waals surface area contributed by atoms with E-state index in [4.69, 9.17) is 6.42 Å². The summed E-state index contributed by atoms with van der Waals surface area (Å²) < 4.78 is 1.73. The van der Waals surface area contributed by atoms with Crippen LogP contribution in [0, 0.1) is 18.3 Å². The molecule has 4 nitrogen and oxygen atoms in total. The van der Waals surface area contributed by atoms with Crippen molar-refractivity contribution in [2.75, 3.05) is 6.54 Å². The zero-order valence-corrected chi connectivity index (χ0v) is 10.2. The van der Waals surface area contributed by atoms with Gasteiger partial charge in [-0.1, -0.05) is 19.8 Å². The highest BCUT2D eigenvalue weighted by Gasteiger charge is 2.13. The van der Waals surface area contributed by atoms with E-state index in [9.17, 15) is 9.90 Å². The number of aliphatic hydroxyl groups excluding tert-OH is 1. The number of carbonyl (C=O) groups excluding carboxylic acids is 1. The van der Waals surface area contributed by atoms with Crippen molar-refractivity contribution in [2.45, 2.75) is 26.5 Å². The first-order valence-corrected chi connectivity index (χ1v) is 5.58. The zero-order valence-electron chi connectivity index (χ0n) is 10.2. The van der Waals surface area contributed by atoms with E-state index in [0.717, 1.165) is 5.56 Å². The largest absolute Gasteiger partial charge is 0.388 e. The highest BCUT2D eigenvalue weighted by atomic mass is 16.3. The number of terminal acetylenes is 1. The Bertz CT molecular complexity index is 415. The summed E-state index contributed by atoms with van der Waals surface area (Å²) in [6.07, 6.45) is 8.10. The van der Waals surface area contributed by atoms with Gasteiger partial charge in [-0.3, -0.25) is 4.79 Å². The third-order valence-corrected chi connectivity index (χ3v) is 2.46. The normalized spacial score (nSPS) is 12.2. The minimum absolute atomic E-state index is 0.135. The van der Waals surface area contributed by atoms with E-state index in [1.165, 1.54) is 0 Å². The Morgan fingerprint density at radius 2 is 2.35 bits per heavy atom. The maximum Gasteiger partial charge on any atom is 0.240 e. The molecule has 1 atom stereocenters. The average molecular weight is 234 g/mol. The molecule has 92 valence electrons. The first kappa shape index (κ1) is 13.3. The van der Waals surface area contributed by atoms with Gasteiger partial charge in [-0.25, -0.2) is 0 Å². The molecular weight excluding hydrogens is 216 g/mol. The Labute approximate surface area is 102 Å². The summed E-state index contributed by atoms with van der Waals surface area (Å²) in [5.74, 6) is 2.36. The van der Waals surface area contributed by atoms with Gasteiger partial charge in [-0.2, -0.15) is 0 Å². The minimum atomic E-state index is -0.495. The van der Waals surface area contributed by atoms with Crippen LogP contribution in [0.4, 0.5) is 0 Å². The molecule has 0 aromatic carbocycles. The number of amides is 1. The molecule has 2 N–H and O–H groups in total. The first-order valence-electron chi connectivity index (χ1n) is 5.58. The van der Waals surface area contributed by atoms with Gasteiger partial charge in [-0.05, 0) is 17.5 Å². The molecule has 0 spiro atoms. The molecule has 1 aromatic rings. The van der Waals surface area contributed by atoms with Crippen molar-refractivity contribution in [1.82, 2.24) is 9.88 Å². The van der Waals surface area contributed by atoms with Crippen LogP contribution >= 0.6 is 0 Å². The number of carbonyl (C=O) groups is 1. The number of rotatable bonds is 5. The summed E-state index contributed by atoms with van der Waals surface area (Å²) in [4.78, 5) is 11.4. The Morgan fingerprint density at radius 1 is 1.65 bits per heavy atom. The van der Waals surface area contributed by atoms with Crippen LogP contribution in [-0.4, -0.2) is 22.1 Å². The summed E-state index contributed by atoms with van der Waals surface area (Å²) in [7, 11) is 0. The second kappa shape index (κ2) is 6.12. The average Bonchev–Trinajstić information content (AvgIpc) is 2.73. The minimum Gasteiger partial charge on any atom is -0.388 e. The molecule has 4 heteroatoms. The van der Waals surface area contributed by atoms with Crippen molar-refractivity contribution in [3.05, 3.63) is 24.0 Å². The van der Waals surface area contributed by atoms with Crippen molar-refractivity contribution >= 4 is 5.91 Å². The van der Waals surface area contributed by atoms with Crippen LogP contribution in [0.5, 0.6) is 0 Å². The number of nitrogens with one attached hydrogen (secondary N) is 1. The van der Waals surface area contributed by atoms with Crippen molar-refractivity contribution in [1.29, 1.82) is 0 Å². The lowest BCUT2D eigenvalue weighted by Crippen LogP contribution is -2.27. The number of hydrogen-bond acceptors (Lipinski definition) is 2. The molecule has 0 aliphatic carbocycles. The third-order valence-electron chi connectivity index (χ3n) is 2.46. The van der Waals surface area contributed by atoms with Crippen molar-refractivity contribution < 1.29 is 9.90 Å². The molecule has 0 aliphatic rings. The predicted molar refractivity (Wildman–Crippen MR) is 66.1 cm³/mol. The molecule has 0 bridgehead atoms. The van der Waals surface area contributed by atoms with E-state index in [1.807, 2.05) is 19.9 Å². The lowest BCUT2D eigenvalue weighted by Gasteiger charge is -2.12. The van der Waals surface area contributed by atoms with Crippen LogP contribution in [0.3, 0.4) is 0 Å². The van der Waals surface area contributed by atoms with Crippen LogP contribution < -0.4 is 5.32 Å². The summed E-state index contributed by atoms with van der Waals surface area (Å²) in [6.45, 7) is 4.34. The maximum absolute atomic E-state index is 11.4. The standard InChI is InChI=1S/C13H18N2O2/c1-4-6-14-12(16)9-15-7-5-11(8-15)13(17)10(2)3/h1,5,7-8,10,13,17H,6,9H2,2-3H3,(H,14,16). The summed E-state index contributed by atoms with van der Waals surface area (Å²) in [5.41, 5.74) is 0.824. The number of nitrogens with zero attached hydrogens (tertiary/aromatic N) is 1. The number of aliphatic hydroxyl groups is 1. The molecule has 1 heterocycles. The van der Waals surface area contributed by atoms with Gasteiger partial charge >= 0.3 is 0 Å². The van der Waals surface area contributed by atoms with Gasteiger partial charge in [0.05, 0.1) is 12.6 Å². The van der Waals surface area contributed by atoms with E-state index >= 15 is 0 Å². The van der Waals surface area contributed by atoms with Gasteiger partial charge in [0.25, 0.3) is 0 Å². The van der Waals surface area contributed by atoms with E-state index in [-0.39, 0.29) is 24.9 Å². The quantitative estimate of drug-likeness (QED) is 0.745. The van der Waals surface area contributed by atoms with E-state index in [2.05, 4.69) is 11.2 Å². The van der Waals surface area contributed by atoms with Gasteiger partial charge in [0, 0.05) is 12.4 Å². The maximum atomic E-state index is 11.4. The summed E-state index contributed by atoms with van der Waals surface area (Å²) in [6, 6.07) is 1.82. The van der Waals surface area contributed by atoms with Crippen molar-refractivity contribution in [3.8, 4) is 12.3 Å². The third kappa shape index (κ3) is 3.97. The van der Waals surface area contributed by atoms with Crippen molar-refractivity contribution in [3.63, 3.8) is 0 Å². The van der Waals surface area contributed by atoms with Crippen LogP contribution in [0.15, 0.2) is 18.5 Å². The smallest absolute Gasteiger partial charge is 0.240 e. The topological polar surface area (TPSA) is 54.3 Å². The molecule has 0 fully saturated rings. The van der Waals surface area contributed by atoms with Crippen LogP contribution in [0.2, 0.25) is 0 Å². The fourth-order valence-corrected chi connectivity index (χ4v) is 1.49. The lowest BCUT2D eigenvalue weighted by molar-refractivity contribution is -0.121. The fraction of sp³-hybridized carbons (Fsp3) is 0.462. The van der Waals surface area contributed by atoms with Crippen LogP contribution in [-0.2, 0) is 11.3 Å². The Balaban J connectivity index is 2.57. The van der Waals surface area contributed by atoms with Crippen LogP contribution in [0.1, 0.15) is 25.5 Å². The second-order valence-electron chi connectivity index (χ2n) is 4.29. The molecule has 0 aliphatic heterocycles. The van der Waals surface area contributed by atoms with Gasteiger partial charge in [-0.15, -0.1) is 6.42 Å². The monoisotopic (exact) mass is 234 g/mol. The van der Waals surface area contributed by atoms with Gasteiger partial charge in [0.1, 0.15) is 6.54 Å². The molecule has 17 heavy (non-hydrogen) atoms. The summed E-state index contributed by atoms with van der Waals surface area (Å²) >= 11 is 0. The SMILES string of the molecule is C#CCNC(=O)Cn1ccc(C(O)C(C)C)c1. The van der Waals surface area contributed by atoms with E-state index in [1.54, 1.807) is 17.0 Å². The Hall–Kier alpha value is -1.73. The highest BCUT2D eigenvalue weighted by Crippen LogP contribution is 2.21. The number of hydrogen-bond donors (Lipinski definition) is 2. The fourth-order valence-electron chi connectivity index (χ4n) is 1.49. The molecule has 0 radical (unpaired) electrons. The molecule has 0 saturated heterocycles. The van der Waals surface area contributed by atoms with Gasteiger partial charge in [0.2, 0.25) is 5.91 Å². The van der Waals surface area contributed by atoms with Gasteiger partial charge in [0.15, 0.2) is 0 Å². The molecule has 1 aromatic heterocycles. The molecular formula is C13H18N2O2. The Kier molecular flexibility index (Phi) is 4.80. The first-order chi connectivity index (χ1) is 8.04. The zero-order chi connectivity index (χ0) is 12.8. The lowest BCUT2D eigenvalue weighted by atomic mass is 10.0. The number of aromatic nitrogens is 1.